The summed E-state index contributed by atoms with van der Waals surface area (Å²) < 4.78 is 1.06. The Bertz CT molecular complexity index is 518. The molecule has 1 aromatic rings. The van der Waals surface area contributed by atoms with Gasteiger partial charge in [0.1, 0.15) is 0 Å². The first kappa shape index (κ1) is 15.0. The van der Waals surface area contributed by atoms with Gasteiger partial charge < -0.3 is 9.80 Å². The van der Waals surface area contributed by atoms with Gasteiger partial charge in [-0.3, -0.25) is 4.79 Å². The summed E-state index contributed by atoms with van der Waals surface area (Å²) in [4.78, 5) is 17.2. The monoisotopic (exact) mass is 350 g/mol. The molecule has 0 N–H and O–H groups in total. The number of benzene rings is 1. The Hall–Kier alpha value is -0.870. The molecule has 0 saturated carbocycles. The summed E-state index contributed by atoms with van der Waals surface area (Å²) in [5, 5.41) is 0. The molecule has 21 heavy (non-hydrogen) atoms. The van der Waals surface area contributed by atoms with Gasteiger partial charge in [-0.1, -0.05) is 15.9 Å². The quantitative estimate of drug-likeness (QED) is 0.815. The smallest absolute Gasteiger partial charge is 0.253 e. The second kappa shape index (κ2) is 6.49. The van der Waals surface area contributed by atoms with Gasteiger partial charge in [0.2, 0.25) is 0 Å². The molecule has 2 heterocycles. The Morgan fingerprint density at radius 1 is 1.14 bits per heavy atom. The van der Waals surface area contributed by atoms with Crippen molar-refractivity contribution in [2.75, 3.05) is 26.2 Å². The van der Waals surface area contributed by atoms with E-state index in [1.165, 1.54) is 25.9 Å². The molecule has 2 aliphatic heterocycles. The average molecular weight is 351 g/mol. The minimum absolute atomic E-state index is 0.186. The van der Waals surface area contributed by atoms with E-state index in [-0.39, 0.29) is 5.91 Å². The Morgan fingerprint density at radius 2 is 1.81 bits per heavy atom. The van der Waals surface area contributed by atoms with Gasteiger partial charge in [-0.05, 0) is 69.5 Å². The van der Waals surface area contributed by atoms with Crippen LogP contribution in [0.4, 0.5) is 0 Å². The normalized spacial score (nSPS) is 21.0. The number of piperidine rings is 1. The lowest BCUT2D eigenvalue weighted by atomic mass is 10.0. The summed E-state index contributed by atoms with van der Waals surface area (Å²) in [5.41, 5.74) is 1.93. The van der Waals surface area contributed by atoms with E-state index in [2.05, 4.69) is 20.8 Å². The van der Waals surface area contributed by atoms with E-state index >= 15 is 0 Å². The minimum Gasteiger partial charge on any atom is -0.339 e. The Morgan fingerprint density at radius 3 is 2.43 bits per heavy atom. The van der Waals surface area contributed by atoms with Crippen molar-refractivity contribution in [1.82, 2.24) is 9.80 Å². The van der Waals surface area contributed by atoms with Crippen LogP contribution in [0, 0.1) is 6.92 Å². The highest BCUT2D eigenvalue weighted by Gasteiger charge is 2.28. The van der Waals surface area contributed by atoms with Crippen LogP contribution in [-0.4, -0.2) is 47.9 Å². The molecule has 2 aliphatic rings. The molecule has 0 unspecified atom stereocenters. The maximum atomic E-state index is 12.6. The number of likely N-dealkylation sites (tertiary alicyclic amines) is 2. The van der Waals surface area contributed by atoms with Gasteiger partial charge in [-0.25, -0.2) is 0 Å². The summed E-state index contributed by atoms with van der Waals surface area (Å²) in [5.74, 6) is 0.186. The molecule has 3 rings (SSSR count). The van der Waals surface area contributed by atoms with Crippen LogP contribution in [0.2, 0.25) is 0 Å². The molecule has 4 heteroatoms. The molecule has 0 spiro atoms. The molecule has 0 aromatic heterocycles. The number of hydrogen-bond donors (Lipinski definition) is 0. The van der Waals surface area contributed by atoms with E-state index in [4.69, 9.17) is 0 Å². The summed E-state index contributed by atoms with van der Waals surface area (Å²) >= 11 is 3.49. The lowest BCUT2D eigenvalue weighted by molar-refractivity contribution is 0.0644. The first-order valence-electron chi connectivity index (χ1n) is 7.94. The first-order valence-corrected chi connectivity index (χ1v) is 8.74. The molecule has 2 fully saturated rings. The predicted octanol–water partition coefficient (Wildman–Crippen LogP) is 3.46. The van der Waals surface area contributed by atoms with E-state index < -0.39 is 0 Å². The molecular weight excluding hydrogens is 328 g/mol. The van der Waals surface area contributed by atoms with E-state index in [0.29, 0.717) is 6.04 Å². The van der Waals surface area contributed by atoms with Gasteiger partial charge in [0.05, 0.1) is 0 Å². The summed E-state index contributed by atoms with van der Waals surface area (Å²) in [6, 6.07) is 6.58. The van der Waals surface area contributed by atoms with E-state index in [1.807, 2.05) is 30.0 Å². The fourth-order valence-electron chi connectivity index (χ4n) is 3.50. The molecular formula is C17H23BrN2O. The maximum absolute atomic E-state index is 12.6. The lowest BCUT2D eigenvalue weighted by Gasteiger charge is -2.36. The van der Waals surface area contributed by atoms with E-state index in [1.54, 1.807) is 0 Å². The minimum atomic E-state index is 0.186. The van der Waals surface area contributed by atoms with E-state index in [9.17, 15) is 4.79 Å². The number of aryl methyl sites for hydroxylation is 1. The molecule has 0 bridgehead atoms. The maximum Gasteiger partial charge on any atom is 0.253 e. The third-order valence-electron chi connectivity index (χ3n) is 4.81. The number of rotatable bonds is 2. The fraction of sp³-hybridized carbons (Fsp3) is 0.588. The average Bonchev–Trinajstić information content (AvgIpc) is 3.04. The standard InChI is InChI=1S/C17H23BrN2O/c1-13-12-14(4-5-16(13)18)17(21)20-10-6-15(7-11-20)19-8-2-3-9-19/h4-5,12,15H,2-3,6-11H2,1H3. The largest absolute Gasteiger partial charge is 0.339 e. The summed E-state index contributed by atoms with van der Waals surface area (Å²) in [6.07, 6.45) is 4.94. The van der Waals surface area contributed by atoms with Gasteiger partial charge in [-0.15, -0.1) is 0 Å². The van der Waals surface area contributed by atoms with Crippen molar-refractivity contribution in [2.24, 2.45) is 0 Å². The van der Waals surface area contributed by atoms with Crippen LogP contribution >= 0.6 is 15.9 Å². The Kier molecular flexibility index (Phi) is 4.65. The van der Waals surface area contributed by atoms with Gasteiger partial charge in [0.25, 0.3) is 5.91 Å². The van der Waals surface area contributed by atoms with Crippen molar-refractivity contribution in [3.63, 3.8) is 0 Å². The first-order chi connectivity index (χ1) is 10.1. The molecule has 0 atom stereocenters. The lowest BCUT2D eigenvalue weighted by Crippen LogP contribution is -2.45. The van der Waals surface area contributed by atoms with Crippen LogP contribution < -0.4 is 0 Å². The number of nitrogens with zero attached hydrogens (tertiary/aromatic N) is 2. The highest BCUT2D eigenvalue weighted by Crippen LogP contribution is 2.23. The zero-order chi connectivity index (χ0) is 14.8. The summed E-state index contributed by atoms with van der Waals surface area (Å²) in [7, 11) is 0. The predicted molar refractivity (Wildman–Crippen MR) is 88.6 cm³/mol. The SMILES string of the molecule is Cc1cc(C(=O)N2CCC(N3CCCC3)CC2)ccc1Br. The van der Waals surface area contributed by atoms with Gasteiger partial charge in [-0.2, -0.15) is 0 Å². The Balaban J connectivity index is 1.60. The molecule has 3 nitrogen and oxygen atoms in total. The zero-order valence-electron chi connectivity index (χ0n) is 12.6. The van der Waals surface area contributed by atoms with Crippen molar-refractivity contribution in [3.8, 4) is 0 Å². The third-order valence-corrected chi connectivity index (χ3v) is 5.70. The number of amides is 1. The van der Waals surface area contributed by atoms with E-state index in [0.717, 1.165) is 41.5 Å². The van der Waals surface area contributed by atoms with Gasteiger partial charge in [0.15, 0.2) is 0 Å². The van der Waals surface area contributed by atoms with Crippen molar-refractivity contribution < 1.29 is 4.79 Å². The topological polar surface area (TPSA) is 23.6 Å². The van der Waals surface area contributed by atoms with Gasteiger partial charge in [0, 0.05) is 29.2 Å². The highest BCUT2D eigenvalue weighted by molar-refractivity contribution is 9.10. The summed E-state index contributed by atoms with van der Waals surface area (Å²) in [6.45, 7) is 6.33. The van der Waals surface area contributed by atoms with Crippen LogP contribution in [0.1, 0.15) is 41.6 Å². The second-order valence-corrected chi connectivity index (χ2v) is 7.08. The number of halogens is 1. The number of hydrogen-bond acceptors (Lipinski definition) is 2. The number of carbonyl (C=O) groups excluding carboxylic acids is 1. The molecule has 114 valence electrons. The second-order valence-electron chi connectivity index (χ2n) is 6.23. The van der Waals surface area contributed by atoms with Crippen LogP contribution in [-0.2, 0) is 0 Å². The fourth-order valence-corrected chi connectivity index (χ4v) is 3.75. The molecule has 0 aliphatic carbocycles. The number of carbonyl (C=O) groups is 1. The molecule has 0 radical (unpaired) electrons. The Labute approximate surface area is 135 Å². The van der Waals surface area contributed by atoms with Crippen molar-refractivity contribution in [1.29, 1.82) is 0 Å². The van der Waals surface area contributed by atoms with Crippen LogP contribution in [0.3, 0.4) is 0 Å². The third kappa shape index (κ3) is 3.32. The molecule has 2 saturated heterocycles. The van der Waals surface area contributed by atoms with Crippen molar-refractivity contribution in [3.05, 3.63) is 33.8 Å². The van der Waals surface area contributed by atoms with Crippen molar-refractivity contribution in [2.45, 2.75) is 38.6 Å². The highest BCUT2D eigenvalue weighted by atomic mass is 79.9. The van der Waals surface area contributed by atoms with Crippen molar-refractivity contribution >= 4 is 21.8 Å². The van der Waals surface area contributed by atoms with Crippen LogP contribution in [0.5, 0.6) is 0 Å². The van der Waals surface area contributed by atoms with Crippen LogP contribution in [0.15, 0.2) is 22.7 Å². The molecule has 1 aromatic carbocycles. The zero-order valence-corrected chi connectivity index (χ0v) is 14.2. The molecule has 1 amide bonds. The van der Waals surface area contributed by atoms with Crippen LogP contribution in [0.25, 0.3) is 0 Å². The van der Waals surface area contributed by atoms with Gasteiger partial charge >= 0.3 is 0 Å².